The first-order valence-corrected chi connectivity index (χ1v) is 6.74. The van der Waals surface area contributed by atoms with E-state index < -0.39 is 36.1 Å². The second-order valence-electron chi connectivity index (χ2n) is 4.00. The summed E-state index contributed by atoms with van der Waals surface area (Å²) >= 11 is 0. The molecule has 0 aromatic carbocycles. The highest BCUT2D eigenvalue weighted by Gasteiger charge is 2.19. The Hall–Kier alpha value is -2.38. The van der Waals surface area contributed by atoms with E-state index in [2.05, 4.69) is 9.47 Å². The quantitative estimate of drug-likeness (QED) is 0.363. The SMILES string of the molecule is CCOC(=O)[C@@H](C)OC(=O)/C=C/C(=O)O[C@H](C)C(=O)OCC. The van der Waals surface area contributed by atoms with Gasteiger partial charge in [0.05, 0.1) is 13.2 Å². The van der Waals surface area contributed by atoms with Gasteiger partial charge < -0.3 is 18.9 Å². The Labute approximate surface area is 128 Å². The van der Waals surface area contributed by atoms with Crippen LogP contribution in [0.2, 0.25) is 0 Å². The highest BCUT2D eigenvalue weighted by Crippen LogP contribution is 1.99. The molecule has 0 saturated heterocycles. The molecule has 0 saturated carbocycles. The van der Waals surface area contributed by atoms with Gasteiger partial charge in [-0.1, -0.05) is 0 Å². The minimum absolute atomic E-state index is 0.161. The summed E-state index contributed by atoms with van der Waals surface area (Å²) < 4.78 is 18.7. The molecule has 8 nitrogen and oxygen atoms in total. The summed E-state index contributed by atoms with van der Waals surface area (Å²) in [6, 6.07) is 0. The van der Waals surface area contributed by atoms with Crippen LogP contribution in [0.1, 0.15) is 27.7 Å². The van der Waals surface area contributed by atoms with E-state index >= 15 is 0 Å². The predicted octanol–water partition coefficient (Wildman–Crippen LogP) is 0.532. The largest absolute Gasteiger partial charge is 0.463 e. The van der Waals surface area contributed by atoms with Crippen LogP contribution in [-0.2, 0) is 38.1 Å². The molecule has 22 heavy (non-hydrogen) atoms. The minimum atomic E-state index is -1.09. The Morgan fingerprint density at radius 3 is 1.36 bits per heavy atom. The number of ether oxygens (including phenoxy) is 4. The Kier molecular flexibility index (Phi) is 9.24. The third-order valence-electron chi connectivity index (χ3n) is 2.18. The summed E-state index contributed by atoms with van der Waals surface area (Å²) in [5, 5.41) is 0. The van der Waals surface area contributed by atoms with E-state index in [1.807, 2.05) is 0 Å². The van der Waals surface area contributed by atoms with Gasteiger partial charge in [0.2, 0.25) is 0 Å². The zero-order valence-corrected chi connectivity index (χ0v) is 13.0. The molecule has 0 amide bonds. The van der Waals surface area contributed by atoms with Crippen molar-refractivity contribution in [2.45, 2.75) is 39.9 Å². The second kappa shape index (κ2) is 10.4. The normalized spacial score (nSPS) is 13.1. The number of rotatable bonds is 8. The van der Waals surface area contributed by atoms with Gasteiger partial charge >= 0.3 is 23.9 Å². The maximum absolute atomic E-state index is 11.4. The summed E-state index contributed by atoms with van der Waals surface area (Å²) in [7, 11) is 0. The molecule has 0 aromatic heterocycles. The van der Waals surface area contributed by atoms with Crippen LogP contribution in [0.3, 0.4) is 0 Å². The Morgan fingerprint density at radius 2 is 1.09 bits per heavy atom. The first-order chi connectivity index (χ1) is 10.3. The van der Waals surface area contributed by atoms with Crippen molar-refractivity contribution in [3.63, 3.8) is 0 Å². The molecule has 124 valence electrons. The van der Waals surface area contributed by atoms with Crippen LogP contribution in [0.5, 0.6) is 0 Å². The summed E-state index contributed by atoms with van der Waals surface area (Å²) in [6.07, 6.45) is -0.607. The van der Waals surface area contributed by atoms with Crippen molar-refractivity contribution in [2.24, 2.45) is 0 Å². The average molecular weight is 316 g/mol. The van der Waals surface area contributed by atoms with Crippen LogP contribution in [0.25, 0.3) is 0 Å². The zero-order chi connectivity index (χ0) is 17.1. The lowest BCUT2D eigenvalue weighted by atomic mass is 10.4. The van der Waals surface area contributed by atoms with Gasteiger partial charge in [-0.3, -0.25) is 0 Å². The minimum Gasteiger partial charge on any atom is -0.463 e. The number of hydrogen-bond donors (Lipinski definition) is 0. The van der Waals surface area contributed by atoms with E-state index in [1.165, 1.54) is 13.8 Å². The van der Waals surface area contributed by atoms with Crippen LogP contribution < -0.4 is 0 Å². The van der Waals surface area contributed by atoms with Gasteiger partial charge in [0.15, 0.2) is 12.2 Å². The van der Waals surface area contributed by atoms with Gasteiger partial charge in [0.25, 0.3) is 0 Å². The topological polar surface area (TPSA) is 105 Å². The average Bonchev–Trinajstić information content (AvgIpc) is 2.45. The molecule has 2 atom stereocenters. The van der Waals surface area contributed by atoms with E-state index in [0.717, 1.165) is 12.2 Å². The molecule has 0 aliphatic carbocycles. The molecule has 0 spiro atoms. The van der Waals surface area contributed by atoms with Crippen LogP contribution in [0.15, 0.2) is 12.2 Å². The Bertz CT molecular complexity index is 400. The zero-order valence-electron chi connectivity index (χ0n) is 13.0. The molecular formula is C14H20O8. The van der Waals surface area contributed by atoms with Crippen LogP contribution in [0, 0.1) is 0 Å². The highest BCUT2D eigenvalue weighted by molar-refractivity contribution is 5.93. The summed E-state index contributed by atoms with van der Waals surface area (Å²) in [5.41, 5.74) is 0. The van der Waals surface area contributed by atoms with E-state index in [1.54, 1.807) is 13.8 Å². The fraction of sp³-hybridized carbons (Fsp3) is 0.571. The fourth-order valence-corrected chi connectivity index (χ4v) is 1.18. The fourth-order valence-electron chi connectivity index (χ4n) is 1.18. The molecule has 0 aliphatic heterocycles. The van der Waals surface area contributed by atoms with Gasteiger partial charge in [-0.05, 0) is 27.7 Å². The van der Waals surface area contributed by atoms with Gasteiger partial charge in [-0.25, -0.2) is 19.2 Å². The van der Waals surface area contributed by atoms with Gasteiger partial charge in [0.1, 0.15) is 0 Å². The molecule has 0 bridgehead atoms. The molecule has 0 rings (SSSR count). The maximum Gasteiger partial charge on any atom is 0.347 e. The summed E-state index contributed by atoms with van der Waals surface area (Å²) in [6.45, 7) is 6.24. The van der Waals surface area contributed by atoms with Crippen molar-refractivity contribution in [1.82, 2.24) is 0 Å². The molecule has 0 aromatic rings. The monoisotopic (exact) mass is 316 g/mol. The molecule has 0 aliphatic rings. The van der Waals surface area contributed by atoms with Crippen molar-refractivity contribution in [3.8, 4) is 0 Å². The smallest absolute Gasteiger partial charge is 0.347 e. The van der Waals surface area contributed by atoms with Gasteiger partial charge in [-0.15, -0.1) is 0 Å². The molecule has 0 radical (unpaired) electrons. The summed E-state index contributed by atoms with van der Waals surface area (Å²) in [4.78, 5) is 45.2. The van der Waals surface area contributed by atoms with Crippen LogP contribution >= 0.6 is 0 Å². The lowest BCUT2D eigenvalue weighted by Gasteiger charge is -2.11. The third-order valence-corrected chi connectivity index (χ3v) is 2.18. The van der Waals surface area contributed by atoms with Crippen molar-refractivity contribution in [2.75, 3.05) is 13.2 Å². The molecule has 0 fully saturated rings. The molecular weight excluding hydrogens is 296 g/mol. The Morgan fingerprint density at radius 1 is 0.773 bits per heavy atom. The first-order valence-electron chi connectivity index (χ1n) is 6.74. The molecule has 0 heterocycles. The number of esters is 4. The van der Waals surface area contributed by atoms with Crippen LogP contribution in [-0.4, -0.2) is 49.3 Å². The highest BCUT2D eigenvalue weighted by atomic mass is 16.6. The van der Waals surface area contributed by atoms with E-state index in [4.69, 9.17) is 9.47 Å². The standard InChI is InChI=1S/C14H20O8/c1-5-19-13(17)9(3)21-11(15)7-8-12(16)22-10(4)14(18)20-6-2/h7-10H,5-6H2,1-4H3/b8-7+/t9-,10-/m1/s1. The predicted molar refractivity (Wildman–Crippen MR) is 73.5 cm³/mol. The number of carbonyl (C=O) groups is 4. The van der Waals surface area contributed by atoms with Crippen molar-refractivity contribution in [1.29, 1.82) is 0 Å². The van der Waals surface area contributed by atoms with Gasteiger partial charge in [-0.2, -0.15) is 0 Å². The lowest BCUT2D eigenvalue weighted by molar-refractivity contribution is -0.164. The van der Waals surface area contributed by atoms with E-state index in [-0.39, 0.29) is 13.2 Å². The van der Waals surface area contributed by atoms with Crippen molar-refractivity contribution < 1.29 is 38.1 Å². The summed E-state index contributed by atoms with van der Waals surface area (Å²) in [5.74, 6) is -3.21. The van der Waals surface area contributed by atoms with Crippen molar-refractivity contribution >= 4 is 23.9 Å². The lowest BCUT2D eigenvalue weighted by Crippen LogP contribution is -2.26. The maximum atomic E-state index is 11.4. The number of carbonyl (C=O) groups excluding carboxylic acids is 4. The van der Waals surface area contributed by atoms with E-state index in [0.29, 0.717) is 0 Å². The number of hydrogen-bond acceptors (Lipinski definition) is 8. The third kappa shape index (κ3) is 8.03. The van der Waals surface area contributed by atoms with Crippen LogP contribution in [0.4, 0.5) is 0 Å². The first kappa shape index (κ1) is 19.6. The Balaban J connectivity index is 4.29. The molecule has 8 heteroatoms. The van der Waals surface area contributed by atoms with Crippen molar-refractivity contribution in [3.05, 3.63) is 12.2 Å². The van der Waals surface area contributed by atoms with E-state index in [9.17, 15) is 19.2 Å². The van der Waals surface area contributed by atoms with Gasteiger partial charge in [0, 0.05) is 12.2 Å². The second-order valence-corrected chi connectivity index (χ2v) is 4.00. The molecule has 0 unspecified atom stereocenters. The molecule has 0 N–H and O–H groups in total.